The summed E-state index contributed by atoms with van der Waals surface area (Å²) in [6, 6.07) is 0.537. The molecule has 14 nitrogen and oxygen atoms in total. The van der Waals surface area contributed by atoms with Crippen LogP contribution in [0.25, 0.3) is 0 Å². The van der Waals surface area contributed by atoms with Gasteiger partial charge >= 0.3 is 35.8 Å². The van der Waals surface area contributed by atoms with Crippen molar-refractivity contribution in [1.82, 2.24) is 5.32 Å². The van der Waals surface area contributed by atoms with Crippen molar-refractivity contribution in [2.75, 3.05) is 40.5 Å². The predicted molar refractivity (Wildman–Crippen MR) is 365 cm³/mol. The quantitative estimate of drug-likeness (QED) is 0.0252. The van der Waals surface area contributed by atoms with Crippen LogP contribution in [0, 0.1) is 0 Å². The van der Waals surface area contributed by atoms with Crippen LogP contribution >= 0.6 is 0 Å². The van der Waals surface area contributed by atoms with E-state index >= 15 is 0 Å². The highest BCUT2D eigenvalue weighted by Gasteiger charge is 2.21. The summed E-state index contributed by atoms with van der Waals surface area (Å²) in [6.07, 6.45) is 60.3. The van der Waals surface area contributed by atoms with Gasteiger partial charge in [-0.3, -0.25) is 28.8 Å². The predicted octanol–water partition coefficient (Wildman–Crippen LogP) is 18.8. The lowest BCUT2D eigenvalue weighted by Crippen LogP contribution is -2.30. The van der Waals surface area contributed by atoms with Gasteiger partial charge in [0.25, 0.3) is 0 Å². The fourth-order valence-corrected chi connectivity index (χ4v) is 9.03. The van der Waals surface area contributed by atoms with E-state index in [2.05, 4.69) is 113 Å². The molecule has 0 aliphatic rings. The van der Waals surface area contributed by atoms with Gasteiger partial charge in [-0.25, -0.2) is 0 Å². The molecule has 0 saturated heterocycles. The van der Waals surface area contributed by atoms with Crippen LogP contribution in [-0.4, -0.2) is 94.6 Å². The monoisotopic (exact) mass is 1240 g/mol. The Kier molecular flexibility index (Phi) is 72.9. The van der Waals surface area contributed by atoms with Gasteiger partial charge < -0.3 is 39.5 Å². The Hall–Kier alpha value is -4.56. The molecule has 0 saturated carbocycles. The molecular formula is C74H134N2O12. The standard InChI is InChI=1S/C37H67NO6.C36H62O6.CH5N/c1-5-8-11-13-15-17-19-23-28-35(39)42-31-34(44-37(41)30-24-20-18-16-14-12-9-6-2)32-43-36(40)29-25-21-22-27-33(38-4)26-10-7-3;1-4-7-10-13-16-19-22-25-28-34(37)40-31-33(42-36(39)30-27-24-21-18-15-12-9-6-3)32-41-35(38)29-26-23-20-17-14-11-8-5-2;1-2/h11-14,33-34,38H,5-10,15-32H2,1-4H3;10-15,33H,4-9,16-32H2,1-3H3;2H2,1H3/b13-11-,14-12-;13-10-,14-11-,15-12-;. The van der Waals surface area contributed by atoms with Crippen molar-refractivity contribution in [3.05, 3.63) is 60.8 Å². The molecule has 2 atom stereocenters. The van der Waals surface area contributed by atoms with E-state index in [1.165, 1.54) is 26.3 Å². The molecule has 0 spiro atoms. The van der Waals surface area contributed by atoms with Gasteiger partial charge in [0.15, 0.2) is 12.2 Å². The van der Waals surface area contributed by atoms with E-state index in [9.17, 15) is 28.8 Å². The molecule has 0 amide bonds. The lowest BCUT2D eigenvalue weighted by Gasteiger charge is -2.18. The fourth-order valence-electron chi connectivity index (χ4n) is 9.03. The zero-order valence-electron chi connectivity index (χ0n) is 57.7. The second-order valence-corrected chi connectivity index (χ2v) is 23.0. The molecule has 88 heavy (non-hydrogen) atoms. The molecule has 0 aliphatic carbocycles. The summed E-state index contributed by atoms with van der Waals surface area (Å²) in [5.74, 6) is -1.93. The Balaban J connectivity index is -0.00000160. The van der Waals surface area contributed by atoms with E-state index in [0.29, 0.717) is 44.6 Å². The van der Waals surface area contributed by atoms with E-state index in [-0.39, 0.29) is 62.2 Å². The molecule has 0 rings (SSSR count). The fraction of sp³-hybridized carbons (Fsp3) is 0.784. The van der Waals surface area contributed by atoms with E-state index in [4.69, 9.17) is 28.4 Å². The van der Waals surface area contributed by atoms with E-state index in [0.717, 1.165) is 218 Å². The summed E-state index contributed by atoms with van der Waals surface area (Å²) >= 11 is 0. The van der Waals surface area contributed by atoms with Crippen molar-refractivity contribution >= 4 is 35.8 Å². The molecule has 0 aliphatic heterocycles. The van der Waals surface area contributed by atoms with Crippen molar-refractivity contribution in [3.8, 4) is 0 Å². The van der Waals surface area contributed by atoms with Crippen LogP contribution < -0.4 is 11.1 Å². The largest absolute Gasteiger partial charge is 0.462 e. The maximum absolute atomic E-state index is 12.5. The van der Waals surface area contributed by atoms with Crippen LogP contribution in [0.5, 0.6) is 0 Å². The molecule has 0 fully saturated rings. The summed E-state index contributed by atoms with van der Waals surface area (Å²) in [5.41, 5.74) is 4.50. The van der Waals surface area contributed by atoms with Gasteiger partial charge in [0.05, 0.1) is 0 Å². The number of carbonyl (C=O) groups excluding carboxylic acids is 6. The molecule has 0 heterocycles. The van der Waals surface area contributed by atoms with Gasteiger partial charge in [-0.2, -0.15) is 0 Å². The number of esters is 6. The number of hydrogen-bond donors (Lipinski definition) is 2. The number of hydrogen-bond acceptors (Lipinski definition) is 14. The van der Waals surface area contributed by atoms with Crippen LogP contribution in [-0.2, 0) is 57.2 Å². The first-order valence-corrected chi connectivity index (χ1v) is 35.5. The van der Waals surface area contributed by atoms with Gasteiger partial charge in [0, 0.05) is 44.6 Å². The SMILES string of the molecule is CCC/C=C\CCCCCC(=O)OCC(COC(=O)CCCCC/C=C\CCC)OC(=O)CCCCC/C=C\CCC.CCC/C=C\CCCCCC(=O)OCC(COC(=O)CCCCCC(CCCC)NC)OC(=O)CCCCC/C=C\CCC.CN. The summed E-state index contributed by atoms with van der Waals surface area (Å²) in [4.78, 5) is 74.2. The van der Waals surface area contributed by atoms with Crippen LogP contribution in [0.2, 0.25) is 0 Å². The zero-order valence-corrected chi connectivity index (χ0v) is 57.7. The lowest BCUT2D eigenvalue weighted by atomic mass is 10.0. The Bertz CT molecular complexity index is 1700. The summed E-state index contributed by atoms with van der Waals surface area (Å²) in [5, 5.41) is 3.38. The van der Waals surface area contributed by atoms with Crippen molar-refractivity contribution in [2.45, 2.75) is 336 Å². The molecule has 0 bridgehead atoms. The zero-order chi connectivity index (χ0) is 65.5. The van der Waals surface area contributed by atoms with Crippen molar-refractivity contribution in [1.29, 1.82) is 0 Å². The van der Waals surface area contributed by atoms with Crippen molar-refractivity contribution in [2.24, 2.45) is 5.73 Å². The molecule has 2 unspecified atom stereocenters. The molecule has 14 heteroatoms. The minimum atomic E-state index is -0.786. The summed E-state index contributed by atoms with van der Waals surface area (Å²) in [7, 11) is 3.51. The Labute approximate surface area is 538 Å². The molecule has 512 valence electrons. The highest BCUT2D eigenvalue weighted by Crippen LogP contribution is 2.15. The first-order chi connectivity index (χ1) is 43.0. The van der Waals surface area contributed by atoms with Crippen molar-refractivity contribution < 1.29 is 57.2 Å². The summed E-state index contributed by atoms with van der Waals surface area (Å²) < 4.78 is 32.8. The molecule has 0 aromatic heterocycles. The highest BCUT2D eigenvalue weighted by atomic mass is 16.6. The second kappa shape index (κ2) is 73.2. The summed E-state index contributed by atoms with van der Waals surface area (Å²) in [6.45, 7) is 12.7. The van der Waals surface area contributed by atoms with Gasteiger partial charge in [-0.15, -0.1) is 0 Å². The van der Waals surface area contributed by atoms with Crippen LogP contribution in [0.4, 0.5) is 0 Å². The Morgan fingerprint density at radius 3 is 0.761 bits per heavy atom. The van der Waals surface area contributed by atoms with Crippen LogP contribution in [0.15, 0.2) is 60.8 Å². The molecule has 0 radical (unpaired) electrons. The van der Waals surface area contributed by atoms with Crippen molar-refractivity contribution in [3.63, 3.8) is 0 Å². The third-order valence-electron chi connectivity index (χ3n) is 14.4. The average Bonchev–Trinajstić information content (AvgIpc) is 3.55. The number of rotatable bonds is 60. The topological polar surface area (TPSA) is 196 Å². The number of nitrogens with one attached hydrogen (secondary N) is 1. The number of unbranched alkanes of at least 4 members (excludes halogenated alkanes) is 23. The van der Waals surface area contributed by atoms with Gasteiger partial charge in [-0.05, 0) is 162 Å². The third kappa shape index (κ3) is 68.9. The number of ether oxygens (including phenoxy) is 6. The van der Waals surface area contributed by atoms with Crippen LogP contribution in [0.1, 0.15) is 318 Å². The number of carbonyl (C=O) groups is 6. The molecular weight excluding hydrogens is 1110 g/mol. The Morgan fingerprint density at radius 2 is 0.523 bits per heavy atom. The van der Waals surface area contributed by atoms with E-state index < -0.39 is 12.2 Å². The number of nitrogens with two attached hydrogens (primary N) is 1. The minimum absolute atomic E-state index is 0.0933. The molecule has 0 aromatic rings. The third-order valence-corrected chi connectivity index (χ3v) is 14.4. The maximum Gasteiger partial charge on any atom is 0.306 e. The smallest absolute Gasteiger partial charge is 0.306 e. The maximum atomic E-state index is 12.5. The molecule has 3 N–H and O–H groups in total. The van der Waals surface area contributed by atoms with E-state index in [1.807, 2.05) is 7.05 Å². The first kappa shape index (κ1) is 87.6. The van der Waals surface area contributed by atoms with Gasteiger partial charge in [0.2, 0.25) is 0 Å². The first-order valence-electron chi connectivity index (χ1n) is 35.5. The number of allylic oxidation sites excluding steroid dienone is 10. The Morgan fingerprint density at radius 1 is 0.295 bits per heavy atom. The van der Waals surface area contributed by atoms with Gasteiger partial charge in [-0.1, -0.05) is 192 Å². The van der Waals surface area contributed by atoms with Crippen LogP contribution in [0.3, 0.4) is 0 Å². The second-order valence-electron chi connectivity index (χ2n) is 23.0. The minimum Gasteiger partial charge on any atom is -0.462 e. The molecule has 0 aromatic carbocycles. The normalized spacial score (nSPS) is 12.1. The average molecular weight is 1240 g/mol. The lowest BCUT2D eigenvalue weighted by molar-refractivity contribution is -0.167. The highest BCUT2D eigenvalue weighted by molar-refractivity contribution is 5.72. The van der Waals surface area contributed by atoms with Gasteiger partial charge in [0.1, 0.15) is 26.4 Å². The van der Waals surface area contributed by atoms with E-state index in [1.54, 1.807) is 0 Å².